The highest BCUT2D eigenvalue weighted by molar-refractivity contribution is 6.33. The van der Waals surface area contributed by atoms with E-state index in [1.807, 2.05) is 0 Å². The molecule has 0 aliphatic rings. The molecule has 0 unspecified atom stereocenters. The monoisotopic (exact) mass is 471 g/mol. The number of ether oxygens (including phenoxy) is 2. The van der Waals surface area contributed by atoms with Gasteiger partial charge in [-0.25, -0.2) is 5.43 Å². The van der Waals surface area contributed by atoms with Crippen LogP contribution < -0.4 is 20.2 Å². The maximum Gasteiger partial charge on any atom is 0.271 e. The quantitative estimate of drug-likeness (QED) is 0.365. The standard InChI is InChI=1S/C23H19Cl2N3O4/c1-31-17-6-4-5-16(12-17)23(30)28-26-13-15-9-10-21(19(25)11-15)32-14-22(29)27-20-8-3-2-7-18(20)24/h2-13H,14H2,1H3,(H,27,29)(H,28,30)/b26-13+. The van der Waals surface area contributed by atoms with Crippen LogP contribution in [0.4, 0.5) is 5.69 Å². The highest BCUT2D eigenvalue weighted by Gasteiger charge is 2.09. The molecule has 0 spiro atoms. The van der Waals surface area contributed by atoms with Crippen LogP contribution in [0.1, 0.15) is 15.9 Å². The highest BCUT2D eigenvalue weighted by atomic mass is 35.5. The van der Waals surface area contributed by atoms with E-state index in [0.717, 1.165) is 0 Å². The molecule has 0 aliphatic heterocycles. The number of carbonyl (C=O) groups is 2. The van der Waals surface area contributed by atoms with Gasteiger partial charge < -0.3 is 14.8 Å². The van der Waals surface area contributed by atoms with Gasteiger partial charge in [0.2, 0.25) is 0 Å². The zero-order valence-electron chi connectivity index (χ0n) is 17.0. The molecule has 0 atom stereocenters. The molecule has 7 nitrogen and oxygen atoms in total. The molecule has 0 heterocycles. The Balaban J connectivity index is 1.53. The first-order chi connectivity index (χ1) is 15.5. The maximum atomic E-state index is 12.2. The van der Waals surface area contributed by atoms with Crippen LogP contribution in [0.2, 0.25) is 10.0 Å². The lowest BCUT2D eigenvalue weighted by Gasteiger charge is -2.10. The van der Waals surface area contributed by atoms with Gasteiger partial charge in [0.05, 0.1) is 29.1 Å². The summed E-state index contributed by atoms with van der Waals surface area (Å²) in [5, 5.41) is 7.32. The first-order valence-electron chi connectivity index (χ1n) is 9.40. The van der Waals surface area contributed by atoms with Gasteiger partial charge in [-0.3, -0.25) is 9.59 Å². The molecule has 0 aromatic heterocycles. The zero-order valence-corrected chi connectivity index (χ0v) is 18.5. The fraction of sp³-hybridized carbons (Fsp3) is 0.0870. The van der Waals surface area contributed by atoms with Gasteiger partial charge in [0.15, 0.2) is 6.61 Å². The van der Waals surface area contributed by atoms with E-state index in [2.05, 4.69) is 15.8 Å². The Morgan fingerprint density at radius 3 is 2.56 bits per heavy atom. The second-order valence-electron chi connectivity index (χ2n) is 6.44. The van der Waals surface area contributed by atoms with Crippen LogP contribution in [0.15, 0.2) is 71.8 Å². The summed E-state index contributed by atoms with van der Waals surface area (Å²) in [6.45, 7) is -0.241. The van der Waals surface area contributed by atoms with E-state index in [0.29, 0.717) is 38.4 Å². The summed E-state index contributed by atoms with van der Waals surface area (Å²) in [7, 11) is 1.53. The topological polar surface area (TPSA) is 89.0 Å². The number of nitrogens with zero attached hydrogens (tertiary/aromatic N) is 1. The smallest absolute Gasteiger partial charge is 0.271 e. The van der Waals surface area contributed by atoms with E-state index in [-0.39, 0.29) is 18.4 Å². The van der Waals surface area contributed by atoms with Gasteiger partial charge in [-0.05, 0) is 54.1 Å². The fourth-order valence-corrected chi connectivity index (χ4v) is 3.03. The van der Waals surface area contributed by atoms with Crippen molar-refractivity contribution in [2.24, 2.45) is 5.10 Å². The van der Waals surface area contributed by atoms with Crippen LogP contribution in [0.3, 0.4) is 0 Å². The first kappa shape index (κ1) is 23.1. The summed E-state index contributed by atoms with van der Waals surface area (Å²) in [4.78, 5) is 24.2. The Morgan fingerprint density at radius 2 is 1.81 bits per heavy atom. The number of anilines is 1. The van der Waals surface area contributed by atoms with Gasteiger partial charge in [0.1, 0.15) is 11.5 Å². The number of rotatable bonds is 8. The number of hydrogen-bond donors (Lipinski definition) is 2. The van der Waals surface area contributed by atoms with Gasteiger partial charge in [0.25, 0.3) is 11.8 Å². The molecule has 2 amide bonds. The number of amides is 2. The van der Waals surface area contributed by atoms with Gasteiger partial charge >= 0.3 is 0 Å². The minimum absolute atomic E-state index is 0.241. The third kappa shape index (κ3) is 6.47. The molecule has 0 radical (unpaired) electrons. The maximum absolute atomic E-state index is 12.2. The van der Waals surface area contributed by atoms with Crippen LogP contribution >= 0.6 is 23.2 Å². The summed E-state index contributed by atoms with van der Waals surface area (Å²) < 4.78 is 10.6. The van der Waals surface area contributed by atoms with Crippen molar-refractivity contribution in [3.8, 4) is 11.5 Å². The zero-order chi connectivity index (χ0) is 22.9. The molecule has 32 heavy (non-hydrogen) atoms. The summed E-state index contributed by atoms with van der Waals surface area (Å²) in [5.41, 5.74) is 3.98. The SMILES string of the molecule is COc1cccc(C(=O)N/N=C/c2ccc(OCC(=O)Nc3ccccc3Cl)c(Cl)c2)c1. The molecule has 0 fully saturated rings. The minimum Gasteiger partial charge on any atom is -0.497 e. The van der Waals surface area contributed by atoms with Crippen molar-refractivity contribution in [1.82, 2.24) is 5.43 Å². The number of halogens is 2. The normalized spacial score (nSPS) is 10.6. The highest BCUT2D eigenvalue weighted by Crippen LogP contribution is 2.25. The van der Waals surface area contributed by atoms with Crippen molar-refractivity contribution in [3.63, 3.8) is 0 Å². The van der Waals surface area contributed by atoms with Crippen molar-refractivity contribution >= 4 is 46.9 Å². The average molecular weight is 472 g/mol. The predicted octanol–water partition coefficient (Wildman–Crippen LogP) is 4.78. The molecular formula is C23H19Cl2N3O4. The number of hydrogen-bond acceptors (Lipinski definition) is 5. The van der Waals surface area contributed by atoms with Crippen LogP contribution in [-0.4, -0.2) is 31.7 Å². The molecular weight excluding hydrogens is 453 g/mol. The fourth-order valence-electron chi connectivity index (χ4n) is 2.60. The van der Waals surface area contributed by atoms with Crippen molar-refractivity contribution in [2.45, 2.75) is 0 Å². The van der Waals surface area contributed by atoms with E-state index in [9.17, 15) is 9.59 Å². The van der Waals surface area contributed by atoms with Gasteiger partial charge in [-0.2, -0.15) is 5.10 Å². The van der Waals surface area contributed by atoms with Crippen molar-refractivity contribution in [3.05, 3.63) is 87.9 Å². The van der Waals surface area contributed by atoms with Crippen molar-refractivity contribution in [1.29, 1.82) is 0 Å². The Morgan fingerprint density at radius 1 is 1.00 bits per heavy atom. The Kier molecular flexibility index (Phi) is 8.08. The second-order valence-corrected chi connectivity index (χ2v) is 7.25. The Bertz CT molecular complexity index is 1150. The lowest BCUT2D eigenvalue weighted by molar-refractivity contribution is -0.118. The molecule has 0 bridgehead atoms. The van der Waals surface area contributed by atoms with Crippen LogP contribution in [0, 0.1) is 0 Å². The number of methoxy groups -OCH3 is 1. The molecule has 3 rings (SSSR count). The number of hydrazone groups is 1. The summed E-state index contributed by atoms with van der Waals surface area (Å²) in [6.07, 6.45) is 1.44. The van der Waals surface area contributed by atoms with E-state index in [4.69, 9.17) is 32.7 Å². The third-order valence-electron chi connectivity index (χ3n) is 4.17. The Labute approximate surface area is 194 Å². The first-order valence-corrected chi connectivity index (χ1v) is 10.2. The molecule has 9 heteroatoms. The molecule has 0 saturated heterocycles. The molecule has 3 aromatic carbocycles. The van der Waals surface area contributed by atoms with E-state index < -0.39 is 0 Å². The van der Waals surface area contributed by atoms with E-state index >= 15 is 0 Å². The molecule has 164 valence electrons. The summed E-state index contributed by atoms with van der Waals surface area (Å²) in [5.74, 6) is 0.152. The predicted molar refractivity (Wildman–Crippen MR) is 125 cm³/mol. The lowest BCUT2D eigenvalue weighted by atomic mass is 10.2. The number of nitrogens with one attached hydrogen (secondary N) is 2. The van der Waals surface area contributed by atoms with Gasteiger partial charge in [-0.15, -0.1) is 0 Å². The Hall–Kier alpha value is -3.55. The van der Waals surface area contributed by atoms with Gasteiger partial charge in [0, 0.05) is 5.56 Å². The number of benzene rings is 3. The summed E-state index contributed by atoms with van der Waals surface area (Å²) in [6, 6.07) is 18.5. The molecule has 0 saturated carbocycles. The lowest BCUT2D eigenvalue weighted by Crippen LogP contribution is -2.20. The van der Waals surface area contributed by atoms with Crippen molar-refractivity contribution < 1.29 is 19.1 Å². The van der Waals surface area contributed by atoms with E-state index in [1.54, 1.807) is 66.7 Å². The summed E-state index contributed by atoms with van der Waals surface area (Å²) >= 11 is 12.2. The second kappa shape index (κ2) is 11.2. The minimum atomic E-state index is -0.379. The number of para-hydroxylation sites is 1. The number of carbonyl (C=O) groups excluding carboxylic acids is 2. The molecule has 2 N–H and O–H groups in total. The molecule has 3 aromatic rings. The van der Waals surface area contributed by atoms with E-state index in [1.165, 1.54) is 13.3 Å². The van der Waals surface area contributed by atoms with Crippen LogP contribution in [0.25, 0.3) is 0 Å². The largest absolute Gasteiger partial charge is 0.497 e. The third-order valence-corrected chi connectivity index (χ3v) is 4.80. The van der Waals surface area contributed by atoms with Crippen LogP contribution in [-0.2, 0) is 4.79 Å². The molecule has 0 aliphatic carbocycles. The van der Waals surface area contributed by atoms with Crippen LogP contribution in [0.5, 0.6) is 11.5 Å². The van der Waals surface area contributed by atoms with Crippen molar-refractivity contribution in [2.75, 3.05) is 19.0 Å². The average Bonchev–Trinajstić information content (AvgIpc) is 2.80. The van der Waals surface area contributed by atoms with Gasteiger partial charge in [-0.1, -0.05) is 41.4 Å².